The van der Waals surface area contributed by atoms with E-state index in [0.29, 0.717) is 5.82 Å². The van der Waals surface area contributed by atoms with E-state index in [4.69, 9.17) is 5.84 Å². The zero-order chi connectivity index (χ0) is 12.8. The van der Waals surface area contributed by atoms with E-state index in [-0.39, 0.29) is 6.04 Å². The van der Waals surface area contributed by atoms with Crippen LogP contribution in [0.4, 0.5) is 11.6 Å². The summed E-state index contributed by atoms with van der Waals surface area (Å²) in [6.07, 6.45) is 2.45. The molecule has 0 fully saturated rings. The zero-order valence-corrected chi connectivity index (χ0v) is 10.3. The van der Waals surface area contributed by atoms with E-state index in [1.54, 1.807) is 6.07 Å². The molecule has 1 unspecified atom stereocenters. The molecule has 0 bridgehead atoms. The van der Waals surface area contributed by atoms with E-state index < -0.39 is 0 Å². The summed E-state index contributed by atoms with van der Waals surface area (Å²) in [4.78, 5) is 8.16. The molecule has 2 aromatic rings. The van der Waals surface area contributed by atoms with Gasteiger partial charge in [-0.05, 0) is 12.0 Å². The second-order valence-corrected chi connectivity index (χ2v) is 3.95. The first-order valence-electron chi connectivity index (χ1n) is 5.93. The lowest BCUT2D eigenvalue weighted by atomic mass is 10.0. The van der Waals surface area contributed by atoms with Gasteiger partial charge in [0, 0.05) is 6.07 Å². The predicted octanol–water partition coefficient (Wildman–Crippen LogP) is 2.33. The molecule has 4 N–H and O–H groups in total. The Labute approximate surface area is 106 Å². The zero-order valence-electron chi connectivity index (χ0n) is 10.3. The maximum absolute atomic E-state index is 5.33. The number of hydrogen-bond acceptors (Lipinski definition) is 5. The second kappa shape index (κ2) is 5.97. The van der Waals surface area contributed by atoms with Crippen LogP contribution < -0.4 is 16.6 Å². The van der Waals surface area contributed by atoms with Crippen molar-refractivity contribution in [1.29, 1.82) is 0 Å². The van der Waals surface area contributed by atoms with Crippen LogP contribution in [0.2, 0.25) is 0 Å². The monoisotopic (exact) mass is 243 g/mol. The van der Waals surface area contributed by atoms with Gasteiger partial charge in [0.05, 0.1) is 6.04 Å². The molecule has 0 spiro atoms. The van der Waals surface area contributed by atoms with Crippen molar-refractivity contribution in [2.75, 3.05) is 10.7 Å². The van der Waals surface area contributed by atoms with Crippen LogP contribution in [-0.4, -0.2) is 9.97 Å². The van der Waals surface area contributed by atoms with Crippen molar-refractivity contribution in [2.45, 2.75) is 19.4 Å². The van der Waals surface area contributed by atoms with Gasteiger partial charge < -0.3 is 10.7 Å². The average Bonchev–Trinajstić information content (AvgIpc) is 2.46. The summed E-state index contributed by atoms with van der Waals surface area (Å²) in [5.74, 6) is 6.68. The third kappa shape index (κ3) is 2.95. The standard InChI is InChI=1S/C13H17N5/c1-2-11(10-6-4-3-5-7-10)17-12-8-13(18-14)16-9-15-12/h3-9,11H,2,14H2,1H3,(H2,15,16,17,18). The largest absolute Gasteiger partial charge is 0.363 e. The molecule has 5 heteroatoms. The first-order valence-corrected chi connectivity index (χ1v) is 5.93. The van der Waals surface area contributed by atoms with E-state index in [0.717, 1.165) is 12.2 Å². The predicted molar refractivity (Wildman–Crippen MR) is 72.9 cm³/mol. The first kappa shape index (κ1) is 12.3. The summed E-state index contributed by atoms with van der Waals surface area (Å²) >= 11 is 0. The van der Waals surface area contributed by atoms with Gasteiger partial charge in [-0.25, -0.2) is 15.8 Å². The van der Waals surface area contributed by atoms with E-state index in [1.165, 1.54) is 11.9 Å². The smallest absolute Gasteiger partial charge is 0.145 e. The number of benzene rings is 1. The highest BCUT2D eigenvalue weighted by Gasteiger charge is 2.09. The van der Waals surface area contributed by atoms with Crippen molar-refractivity contribution in [3.05, 3.63) is 48.3 Å². The molecule has 0 saturated heterocycles. The minimum atomic E-state index is 0.228. The Hall–Kier alpha value is -2.14. The molecule has 0 saturated carbocycles. The summed E-state index contributed by atoms with van der Waals surface area (Å²) in [6.45, 7) is 2.13. The van der Waals surface area contributed by atoms with Gasteiger partial charge in [-0.3, -0.25) is 0 Å². The van der Waals surface area contributed by atoms with Crippen LogP contribution in [0.3, 0.4) is 0 Å². The van der Waals surface area contributed by atoms with Crippen LogP contribution in [-0.2, 0) is 0 Å². The molecule has 0 aliphatic carbocycles. The van der Waals surface area contributed by atoms with Gasteiger partial charge in [0.2, 0.25) is 0 Å². The van der Waals surface area contributed by atoms with E-state index >= 15 is 0 Å². The first-order chi connectivity index (χ1) is 8.83. The van der Waals surface area contributed by atoms with Crippen molar-refractivity contribution in [2.24, 2.45) is 5.84 Å². The van der Waals surface area contributed by atoms with E-state index in [1.807, 2.05) is 18.2 Å². The van der Waals surface area contributed by atoms with Crippen LogP contribution in [0, 0.1) is 0 Å². The molecule has 0 amide bonds. The summed E-state index contributed by atoms with van der Waals surface area (Å²) in [5, 5.41) is 3.37. The summed E-state index contributed by atoms with van der Waals surface area (Å²) in [7, 11) is 0. The summed E-state index contributed by atoms with van der Waals surface area (Å²) in [5.41, 5.74) is 3.74. The highest BCUT2D eigenvalue weighted by atomic mass is 15.3. The quantitative estimate of drug-likeness (QED) is 0.555. The molecule has 1 atom stereocenters. The van der Waals surface area contributed by atoms with Gasteiger partial charge in [0.15, 0.2) is 0 Å². The summed E-state index contributed by atoms with van der Waals surface area (Å²) < 4.78 is 0. The Kier molecular flexibility index (Phi) is 4.09. The van der Waals surface area contributed by atoms with Crippen molar-refractivity contribution >= 4 is 11.6 Å². The minimum absolute atomic E-state index is 0.228. The van der Waals surface area contributed by atoms with Crippen molar-refractivity contribution < 1.29 is 0 Å². The maximum Gasteiger partial charge on any atom is 0.145 e. The second-order valence-electron chi connectivity index (χ2n) is 3.95. The lowest BCUT2D eigenvalue weighted by Gasteiger charge is -2.18. The van der Waals surface area contributed by atoms with Gasteiger partial charge in [-0.2, -0.15) is 0 Å². The SMILES string of the molecule is CCC(Nc1cc(NN)ncn1)c1ccccc1. The molecule has 0 radical (unpaired) electrons. The van der Waals surface area contributed by atoms with E-state index in [9.17, 15) is 0 Å². The Bertz CT molecular complexity index is 486. The highest BCUT2D eigenvalue weighted by Crippen LogP contribution is 2.21. The maximum atomic E-state index is 5.33. The Balaban J connectivity index is 2.15. The third-order valence-corrected chi connectivity index (χ3v) is 2.75. The van der Waals surface area contributed by atoms with Crippen molar-refractivity contribution in [3.63, 3.8) is 0 Å². The highest BCUT2D eigenvalue weighted by molar-refractivity contribution is 5.47. The Morgan fingerprint density at radius 2 is 1.89 bits per heavy atom. The van der Waals surface area contributed by atoms with Gasteiger partial charge >= 0.3 is 0 Å². The third-order valence-electron chi connectivity index (χ3n) is 2.75. The fourth-order valence-corrected chi connectivity index (χ4v) is 1.80. The molecule has 5 nitrogen and oxygen atoms in total. The van der Waals surface area contributed by atoms with Crippen LogP contribution in [0.25, 0.3) is 0 Å². The number of hydrogen-bond donors (Lipinski definition) is 3. The molecule has 1 aromatic heterocycles. The van der Waals surface area contributed by atoms with E-state index in [2.05, 4.69) is 39.8 Å². The van der Waals surface area contributed by atoms with Crippen molar-refractivity contribution in [3.8, 4) is 0 Å². The number of rotatable bonds is 5. The number of nitrogen functional groups attached to an aromatic ring is 1. The lowest BCUT2D eigenvalue weighted by molar-refractivity contribution is 0.744. The number of aromatic nitrogens is 2. The molecular weight excluding hydrogens is 226 g/mol. The number of nitrogens with zero attached hydrogens (tertiary/aromatic N) is 2. The number of nitrogens with one attached hydrogen (secondary N) is 2. The van der Waals surface area contributed by atoms with Gasteiger partial charge in [0.25, 0.3) is 0 Å². The molecule has 0 aliphatic rings. The normalized spacial score (nSPS) is 11.9. The number of nitrogens with two attached hydrogens (primary N) is 1. The van der Waals surface area contributed by atoms with Crippen LogP contribution in [0.5, 0.6) is 0 Å². The molecule has 18 heavy (non-hydrogen) atoms. The molecular formula is C13H17N5. The van der Waals surface area contributed by atoms with Crippen molar-refractivity contribution in [1.82, 2.24) is 9.97 Å². The van der Waals surface area contributed by atoms with Crippen LogP contribution in [0.15, 0.2) is 42.7 Å². The fraction of sp³-hybridized carbons (Fsp3) is 0.231. The van der Waals surface area contributed by atoms with Crippen LogP contribution in [0.1, 0.15) is 24.9 Å². The topological polar surface area (TPSA) is 75.9 Å². The lowest BCUT2D eigenvalue weighted by Crippen LogP contribution is -2.13. The molecule has 2 rings (SSSR count). The fourth-order valence-electron chi connectivity index (χ4n) is 1.80. The number of hydrazine groups is 1. The summed E-state index contributed by atoms with van der Waals surface area (Å²) in [6, 6.07) is 12.3. The number of anilines is 2. The Morgan fingerprint density at radius 3 is 2.56 bits per heavy atom. The Morgan fingerprint density at radius 1 is 1.17 bits per heavy atom. The molecule has 0 aliphatic heterocycles. The minimum Gasteiger partial charge on any atom is -0.363 e. The van der Waals surface area contributed by atoms with Gasteiger partial charge in [0.1, 0.15) is 18.0 Å². The van der Waals surface area contributed by atoms with Gasteiger partial charge in [-0.1, -0.05) is 37.3 Å². The average molecular weight is 243 g/mol. The molecule has 1 aromatic carbocycles. The van der Waals surface area contributed by atoms with Crippen LogP contribution >= 0.6 is 0 Å². The molecule has 94 valence electrons. The van der Waals surface area contributed by atoms with Gasteiger partial charge in [-0.15, -0.1) is 0 Å². The molecule has 1 heterocycles.